The Morgan fingerprint density at radius 2 is 0.810 bits per heavy atom. The number of rotatable bonds is 3. The fraction of sp³-hybridized carbons (Fsp3) is 0.296. The summed E-state index contributed by atoms with van der Waals surface area (Å²) in [6.07, 6.45) is 16.3. The van der Waals surface area contributed by atoms with Gasteiger partial charge in [-0.2, -0.15) is 0 Å². The van der Waals surface area contributed by atoms with E-state index in [9.17, 15) is 0 Å². The second kappa shape index (κ2) is 24.1. The normalized spacial score (nSPS) is 14.7. The molecule has 3 aliphatic rings. The van der Waals surface area contributed by atoms with Gasteiger partial charge in [-0.15, -0.1) is 59.7 Å². The second-order valence-electron chi connectivity index (χ2n) is 15.6. The molecule has 3 aromatic carbocycles. The molecule has 3 aliphatic heterocycles. The molecule has 0 aliphatic carbocycles. The Labute approximate surface area is 385 Å². The van der Waals surface area contributed by atoms with E-state index in [0.29, 0.717) is 49.3 Å². The van der Waals surface area contributed by atoms with Gasteiger partial charge >= 0.3 is 19.5 Å². The first kappa shape index (κ1) is 45.1. The van der Waals surface area contributed by atoms with Crippen LogP contribution in [0.15, 0.2) is 134 Å². The van der Waals surface area contributed by atoms with Crippen LogP contribution in [0.4, 0.5) is 0 Å². The maximum atomic E-state index is 6.82. The fourth-order valence-corrected chi connectivity index (χ4v) is 7.66. The van der Waals surface area contributed by atoms with Gasteiger partial charge < -0.3 is 23.9 Å². The van der Waals surface area contributed by atoms with Gasteiger partial charge in [0.05, 0.1) is 43.4 Å². The molecule has 0 atom stereocenters. The summed E-state index contributed by atoms with van der Waals surface area (Å²) in [4.78, 5) is 19.7. The van der Waals surface area contributed by atoms with Crippen molar-refractivity contribution in [3.8, 4) is 79.4 Å². The summed E-state index contributed by atoms with van der Waals surface area (Å²) in [6, 6.07) is 46.8. The van der Waals surface area contributed by atoms with Gasteiger partial charge in [-0.25, -0.2) is 4.98 Å². The molecule has 0 amide bonds. The zero-order chi connectivity index (χ0) is 42.0. The number of fused-ring (bicyclic) bond motifs is 2. The molecule has 0 spiro atoms. The van der Waals surface area contributed by atoms with Crippen molar-refractivity contribution in [2.45, 2.75) is 77.0 Å². The Morgan fingerprint density at radius 3 is 1.24 bits per heavy atom. The Morgan fingerprint density at radius 1 is 0.381 bits per heavy atom. The fourth-order valence-electron chi connectivity index (χ4n) is 7.66. The Balaban J connectivity index is 0.00000595. The topological polar surface area (TPSA) is 88.5 Å². The van der Waals surface area contributed by atoms with Gasteiger partial charge in [-0.1, -0.05) is 112 Å². The minimum Gasteiger partial charge on any atom is -0.537 e. The van der Waals surface area contributed by atoms with Gasteiger partial charge in [0, 0.05) is 23.9 Å². The molecule has 10 rings (SSSR count). The van der Waals surface area contributed by atoms with E-state index in [2.05, 4.69) is 36.4 Å². The van der Waals surface area contributed by atoms with Crippen LogP contribution in [0.1, 0.15) is 77.0 Å². The van der Waals surface area contributed by atoms with Gasteiger partial charge in [-0.05, 0) is 66.9 Å². The number of aromatic nitrogens is 4. The maximum Gasteiger partial charge on any atom is 2.00 e. The van der Waals surface area contributed by atoms with E-state index in [1.54, 1.807) is 12.4 Å². The Hall–Kier alpha value is -5.92. The third-order valence-electron chi connectivity index (χ3n) is 11.0. The molecular weight excluding hydrogens is 870 g/mol. The number of hydrogen-bond donors (Lipinski definition) is 0. The van der Waals surface area contributed by atoms with Crippen molar-refractivity contribution in [2.24, 2.45) is 0 Å². The number of pyridine rings is 4. The van der Waals surface area contributed by atoms with Crippen LogP contribution in [-0.4, -0.2) is 46.4 Å². The van der Waals surface area contributed by atoms with Gasteiger partial charge in [-0.3, -0.25) is 9.97 Å². The van der Waals surface area contributed by atoms with Crippen LogP contribution in [0, 0.1) is 12.1 Å². The predicted molar refractivity (Wildman–Crippen MR) is 246 cm³/mol. The molecule has 322 valence electrons. The van der Waals surface area contributed by atoms with Crippen LogP contribution in [0.25, 0.3) is 56.4 Å². The minimum atomic E-state index is 0. The predicted octanol–water partition coefficient (Wildman–Crippen LogP) is 13.1. The number of benzene rings is 3. The maximum absolute atomic E-state index is 6.82. The number of hydrogen-bond acceptors (Lipinski definition) is 8. The molecule has 7 aromatic rings. The van der Waals surface area contributed by atoms with Crippen molar-refractivity contribution in [2.75, 3.05) is 26.4 Å². The summed E-state index contributed by atoms with van der Waals surface area (Å²) in [5, 5.41) is 0. The van der Waals surface area contributed by atoms with Crippen molar-refractivity contribution in [3.63, 3.8) is 0 Å². The van der Waals surface area contributed by atoms with Gasteiger partial charge in [0.2, 0.25) is 0 Å². The van der Waals surface area contributed by atoms with Gasteiger partial charge in [0.15, 0.2) is 11.5 Å². The first-order valence-electron chi connectivity index (χ1n) is 22.3. The van der Waals surface area contributed by atoms with Crippen molar-refractivity contribution in [3.05, 3.63) is 146 Å². The monoisotopic (exact) mass is 924 g/mol. The molecule has 8 bridgehead atoms. The van der Waals surface area contributed by atoms with Crippen LogP contribution in [-0.2, 0) is 19.5 Å². The zero-order valence-electron chi connectivity index (χ0n) is 35.8. The molecule has 4 aromatic heterocycles. The van der Waals surface area contributed by atoms with E-state index in [1.165, 1.54) is 0 Å². The van der Waals surface area contributed by atoms with Crippen LogP contribution < -0.4 is 18.9 Å². The molecule has 0 saturated carbocycles. The molecule has 8 nitrogen and oxygen atoms in total. The SMILES string of the molecule is [Ru+2].[c-]1cc2ccc1-c1cccc(n1)-c1[c-]cc(cc1)OCCCCCCCCOc1c(-c3ccccn3)nc(-c3ccccn3)c(c1-c1ccccc1)OCCCCCCCCO2. The summed E-state index contributed by atoms with van der Waals surface area (Å²) in [5.41, 5.74) is 8.29. The summed E-state index contributed by atoms with van der Waals surface area (Å²) in [7, 11) is 0. The molecular formula is C54H54N4O4Ru. The van der Waals surface area contributed by atoms with E-state index in [4.69, 9.17) is 38.9 Å². The molecule has 0 saturated heterocycles. The average molecular weight is 924 g/mol. The number of nitrogens with zero attached hydrogens (tertiary/aromatic N) is 4. The Bertz CT molecular complexity index is 2270. The van der Waals surface area contributed by atoms with Crippen molar-refractivity contribution < 1.29 is 38.4 Å². The van der Waals surface area contributed by atoms with E-state index in [-0.39, 0.29) is 19.5 Å². The van der Waals surface area contributed by atoms with Crippen molar-refractivity contribution in [1.82, 2.24) is 19.9 Å². The van der Waals surface area contributed by atoms with E-state index in [1.807, 2.05) is 97.1 Å². The summed E-state index contributed by atoms with van der Waals surface area (Å²) in [6.45, 7) is 2.44. The van der Waals surface area contributed by atoms with Crippen molar-refractivity contribution in [1.29, 1.82) is 0 Å². The third-order valence-corrected chi connectivity index (χ3v) is 11.0. The van der Waals surface area contributed by atoms with Crippen LogP contribution in [0.5, 0.6) is 23.0 Å². The quantitative estimate of drug-likeness (QED) is 0.128. The summed E-state index contributed by atoms with van der Waals surface area (Å²) < 4.78 is 25.8. The molecule has 0 fully saturated rings. The molecule has 7 heterocycles. The van der Waals surface area contributed by atoms with Crippen molar-refractivity contribution >= 4 is 0 Å². The van der Waals surface area contributed by atoms with Crippen LogP contribution >= 0.6 is 0 Å². The van der Waals surface area contributed by atoms with Crippen LogP contribution in [0.3, 0.4) is 0 Å². The van der Waals surface area contributed by atoms with Crippen LogP contribution in [0.2, 0.25) is 0 Å². The van der Waals surface area contributed by atoms with E-state index >= 15 is 0 Å². The largest absolute Gasteiger partial charge is 2.00 e. The summed E-state index contributed by atoms with van der Waals surface area (Å²) >= 11 is 0. The Kier molecular flexibility index (Phi) is 17.2. The molecule has 0 N–H and O–H groups in total. The van der Waals surface area contributed by atoms with E-state index < -0.39 is 0 Å². The summed E-state index contributed by atoms with van der Waals surface area (Å²) in [5.74, 6) is 3.01. The van der Waals surface area contributed by atoms with Gasteiger partial charge in [0.1, 0.15) is 11.4 Å². The first-order valence-corrected chi connectivity index (χ1v) is 22.3. The standard InChI is InChI=1S/C54H54N4O4.Ru/c1-3-7-18-39-61-53-50(43-21-10-9-11-22-43)54(52(49-24-13-15-36-56-49)58-51(53)48-23-12-14-35-55-48)62-40-19-8-4-2-6-17-38-60-45-33-29-42(30-34-45)47-26-20-25-46(57-47)41-27-31-44(32-28-41)59-37-16-5-1;/h9-15,20-27,29,31-36H,1-8,16-19,37-40H2;/q-2;+2. The zero-order valence-corrected chi connectivity index (χ0v) is 37.5. The average Bonchev–Trinajstić information content (AvgIpc) is 3.33. The second-order valence-corrected chi connectivity index (χ2v) is 15.6. The molecule has 63 heavy (non-hydrogen) atoms. The van der Waals surface area contributed by atoms with Gasteiger partial charge in [0.25, 0.3) is 0 Å². The first-order chi connectivity index (χ1) is 30.8. The molecule has 0 radical (unpaired) electrons. The molecule has 0 unspecified atom stereocenters. The molecule has 9 heteroatoms. The minimum absolute atomic E-state index is 0. The smallest absolute Gasteiger partial charge is 0.537 e. The van der Waals surface area contributed by atoms with E-state index in [0.717, 1.165) is 134 Å². The third kappa shape index (κ3) is 12.6. The number of ether oxygens (including phenoxy) is 4.